The Morgan fingerprint density at radius 1 is 0.815 bits per heavy atom. The number of allylic oxidation sites excluding steroid dienone is 2. The summed E-state index contributed by atoms with van der Waals surface area (Å²) >= 11 is 1.81. The second-order valence-electron chi connectivity index (χ2n) is 16.0. The highest BCUT2D eigenvalue weighted by Gasteiger charge is 2.37. The van der Waals surface area contributed by atoms with E-state index in [2.05, 4.69) is 78.4 Å². The van der Waals surface area contributed by atoms with Gasteiger partial charge in [0.05, 0.1) is 12.3 Å². The summed E-state index contributed by atoms with van der Waals surface area (Å²) in [5.41, 5.74) is 2.94. The van der Waals surface area contributed by atoms with Crippen molar-refractivity contribution in [3.8, 4) is 5.75 Å². The molecule has 3 aromatic rings. The highest BCUT2D eigenvalue weighted by Crippen LogP contribution is 2.42. The lowest BCUT2D eigenvalue weighted by atomic mass is 9.77. The van der Waals surface area contributed by atoms with E-state index in [9.17, 15) is 9.59 Å². The van der Waals surface area contributed by atoms with Crippen LogP contribution in [-0.4, -0.2) is 62.8 Å². The lowest BCUT2D eigenvalue weighted by Crippen LogP contribution is -2.46. The van der Waals surface area contributed by atoms with E-state index in [-0.39, 0.29) is 24.0 Å². The first-order valence-corrected chi connectivity index (χ1v) is 22.1. The predicted molar refractivity (Wildman–Crippen MR) is 227 cm³/mol. The molecule has 0 radical (unpaired) electrons. The Morgan fingerprint density at radius 3 is 2.30 bits per heavy atom. The summed E-state index contributed by atoms with van der Waals surface area (Å²) in [5, 5.41) is 3.56. The fourth-order valence-electron chi connectivity index (χ4n) is 7.88. The Bertz CT molecular complexity index is 1610. The number of piperazine rings is 1. The van der Waals surface area contributed by atoms with Gasteiger partial charge in [0.25, 0.3) is 0 Å². The average Bonchev–Trinajstić information content (AvgIpc) is 3.66. The SMILES string of the molecule is CCCCCCCCC=CCCCCCCCC(=O)OCN1C(=O)CC(C)(C)c2ccc(OCCCCN3CCN(c4cccc5sccc45)CC3)cc21. The number of anilines is 2. The molecular weight excluding hydrogens is 691 g/mol. The van der Waals surface area contributed by atoms with E-state index < -0.39 is 0 Å². The number of esters is 1. The fourth-order valence-corrected chi connectivity index (χ4v) is 8.69. The van der Waals surface area contributed by atoms with Crippen LogP contribution in [0.1, 0.15) is 135 Å². The Balaban J connectivity index is 0.957. The zero-order valence-electron chi connectivity index (χ0n) is 33.6. The number of nitrogens with zero attached hydrogens (tertiary/aromatic N) is 3. The van der Waals surface area contributed by atoms with Gasteiger partial charge in [-0.2, -0.15) is 0 Å². The van der Waals surface area contributed by atoms with Gasteiger partial charge in [-0.05, 0) is 86.7 Å². The molecule has 0 N–H and O–H groups in total. The lowest BCUT2D eigenvalue weighted by Gasteiger charge is -2.38. The van der Waals surface area contributed by atoms with E-state index in [0.717, 1.165) is 88.2 Å². The molecule has 3 heterocycles. The smallest absolute Gasteiger partial charge is 0.307 e. The predicted octanol–water partition coefficient (Wildman–Crippen LogP) is 11.4. The number of thiophene rings is 1. The van der Waals surface area contributed by atoms with Crippen LogP contribution in [0.3, 0.4) is 0 Å². The van der Waals surface area contributed by atoms with Crippen molar-refractivity contribution in [2.45, 2.75) is 135 Å². The average molecular weight is 758 g/mol. The summed E-state index contributed by atoms with van der Waals surface area (Å²) in [6, 6.07) is 14.9. The number of ether oxygens (including phenoxy) is 2. The van der Waals surface area contributed by atoms with Crippen molar-refractivity contribution in [3.63, 3.8) is 0 Å². The number of carbonyl (C=O) groups is 2. The van der Waals surface area contributed by atoms with Crippen LogP contribution >= 0.6 is 11.3 Å². The maximum absolute atomic E-state index is 13.3. The van der Waals surface area contributed by atoms with Crippen LogP contribution in [0.25, 0.3) is 10.1 Å². The van der Waals surface area contributed by atoms with Crippen molar-refractivity contribution in [2.75, 3.05) is 55.9 Å². The maximum Gasteiger partial charge on any atom is 0.307 e. The molecule has 0 spiro atoms. The molecule has 2 aromatic carbocycles. The van der Waals surface area contributed by atoms with Gasteiger partial charge in [-0.25, -0.2) is 0 Å². The Kier molecular flexibility index (Phi) is 17.2. The molecular formula is C46H67N3O4S. The van der Waals surface area contributed by atoms with E-state index in [1.54, 1.807) is 4.90 Å². The van der Waals surface area contributed by atoms with E-state index in [1.807, 2.05) is 23.5 Å². The van der Waals surface area contributed by atoms with Gasteiger partial charge in [0.2, 0.25) is 5.91 Å². The highest BCUT2D eigenvalue weighted by molar-refractivity contribution is 7.17. The monoisotopic (exact) mass is 757 g/mol. The van der Waals surface area contributed by atoms with Gasteiger partial charge in [-0.15, -0.1) is 11.3 Å². The second kappa shape index (κ2) is 22.3. The first-order valence-electron chi connectivity index (χ1n) is 21.2. The van der Waals surface area contributed by atoms with E-state index in [4.69, 9.17) is 9.47 Å². The van der Waals surface area contributed by atoms with Gasteiger partial charge in [-0.3, -0.25) is 19.4 Å². The summed E-state index contributed by atoms with van der Waals surface area (Å²) in [5.74, 6) is 0.492. The second-order valence-corrected chi connectivity index (χ2v) is 17.0. The summed E-state index contributed by atoms with van der Waals surface area (Å²) < 4.78 is 13.2. The van der Waals surface area contributed by atoms with Crippen molar-refractivity contribution in [1.29, 1.82) is 0 Å². The zero-order valence-corrected chi connectivity index (χ0v) is 34.4. The van der Waals surface area contributed by atoms with Gasteiger partial charge in [-0.1, -0.05) is 96.4 Å². The number of hydrogen-bond acceptors (Lipinski definition) is 7. The summed E-state index contributed by atoms with van der Waals surface area (Å²) in [6.07, 6.45) is 23.4. The van der Waals surface area contributed by atoms with Crippen LogP contribution in [-0.2, 0) is 19.7 Å². The lowest BCUT2D eigenvalue weighted by molar-refractivity contribution is -0.144. The Hall–Kier alpha value is -3.36. The van der Waals surface area contributed by atoms with Gasteiger partial charge in [0.1, 0.15) is 5.75 Å². The van der Waals surface area contributed by atoms with Gasteiger partial charge in [0, 0.05) is 66.3 Å². The van der Waals surface area contributed by atoms with E-state index >= 15 is 0 Å². The van der Waals surface area contributed by atoms with Crippen LogP contribution < -0.4 is 14.5 Å². The molecule has 5 rings (SSSR count). The number of rotatable bonds is 24. The fraction of sp³-hybridized carbons (Fsp3) is 0.609. The molecule has 0 unspecified atom stereocenters. The molecule has 1 amide bonds. The van der Waals surface area contributed by atoms with Crippen molar-refractivity contribution in [1.82, 2.24) is 4.90 Å². The summed E-state index contributed by atoms with van der Waals surface area (Å²) in [6.45, 7) is 12.4. The minimum absolute atomic E-state index is 0.0226. The third-order valence-corrected chi connectivity index (χ3v) is 12.1. The minimum atomic E-state index is -0.296. The molecule has 0 saturated carbocycles. The molecule has 2 aliphatic rings. The molecule has 0 atom stereocenters. The third-order valence-electron chi connectivity index (χ3n) is 11.2. The van der Waals surface area contributed by atoms with Crippen LogP contribution in [0.2, 0.25) is 0 Å². The van der Waals surface area contributed by atoms with Crippen LogP contribution in [0.15, 0.2) is 60.0 Å². The summed E-state index contributed by atoms with van der Waals surface area (Å²) in [7, 11) is 0. The first kappa shape index (κ1) is 41.8. The molecule has 54 heavy (non-hydrogen) atoms. The summed E-state index contributed by atoms with van der Waals surface area (Å²) in [4.78, 5) is 32.7. The molecule has 1 aromatic heterocycles. The number of fused-ring (bicyclic) bond motifs is 2. The molecule has 8 heteroatoms. The van der Waals surface area contributed by atoms with Crippen molar-refractivity contribution in [3.05, 3.63) is 65.6 Å². The van der Waals surface area contributed by atoms with Crippen LogP contribution in [0, 0.1) is 0 Å². The molecule has 2 aliphatic heterocycles. The molecule has 296 valence electrons. The number of hydrogen-bond donors (Lipinski definition) is 0. The largest absolute Gasteiger partial charge is 0.494 e. The quantitative estimate of drug-likeness (QED) is 0.0515. The number of benzene rings is 2. The third kappa shape index (κ3) is 12.9. The van der Waals surface area contributed by atoms with Crippen LogP contribution in [0.5, 0.6) is 5.75 Å². The molecule has 1 fully saturated rings. The minimum Gasteiger partial charge on any atom is -0.494 e. The van der Waals surface area contributed by atoms with Crippen molar-refractivity contribution < 1.29 is 19.1 Å². The normalized spacial score (nSPS) is 16.0. The Morgan fingerprint density at radius 2 is 1.54 bits per heavy atom. The van der Waals surface area contributed by atoms with Gasteiger partial charge >= 0.3 is 5.97 Å². The number of carbonyl (C=O) groups excluding carboxylic acids is 2. The highest BCUT2D eigenvalue weighted by atomic mass is 32.1. The van der Waals surface area contributed by atoms with Crippen molar-refractivity contribution in [2.24, 2.45) is 0 Å². The van der Waals surface area contributed by atoms with Crippen molar-refractivity contribution >= 4 is 44.7 Å². The van der Waals surface area contributed by atoms with Gasteiger partial charge < -0.3 is 14.4 Å². The maximum atomic E-state index is 13.3. The van der Waals surface area contributed by atoms with Crippen LogP contribution in [0.4, 0.5) is 11.4 Å². The van der Waals surface area contributed by atoms with Gasteiger partial charge in [0.15, 0.2) is 6.73 Å². The molecule has 0 aliphatic carbocycles. The topological polar surface area (TPSA) is 62.3 Å². The van der Waals surface area contributed by atoms with E-state index in [1.165, 1.54) is 73.6 Å². The zero-order chi connectivity index (χ0) is 38.0. The first-order chi connectivity index (χ1) is 26.4. The molecule has 7 nitrogen and oxygen atoms in total. The molecule has 0 bridgehead atoms. The van der Waals surface area contributed by atoms with E-state index in [0.29, 0.717) is 19.4 Å². The number of amides is 1. The Labute approximate surface area is 330 Å². The number of unbranched alkanes of at least 4 members (excludes halogenated alkanes) is 12. The standard InChI is InChI=1S/C46H67N3O4S/c1-4-5-6-7-8-9-10-11-12-13-14-15-16-17-18-24-45(51)53-37-49-42-35-38(25-26-40(42)46(2,3)36-44(49)50)52-33-20-19-28-47-29-31-48(32-30-47)41-22-21-23-43-39(41)27-34-54-43/h11-12,21-23,25-27,34-35H,4-10,13-20,24,28-33,36-37H2,1-3H3. The molecule has 1 saturated heterocycles.